The number of para-hydroxylation sites is 3. The predicted molar refractivity (Wildman–Crippen MR) is 91.3 cm³/mol. The number of nitrogens with one attached hydrogen (secondary N) is 1. The number of fused-ring (bicyclic) bond motifs is 2. The van der Waals surface area contributed by atoms with Crippen LogP contribution in [0.3, 0.4) is 0 Å². The molecule has 0 aliphatic rings. The number of aromatic amines is 1. The number of rotatable bonds is 2. The number of nitriles is 1. The third-order valence-corrected chi connectivity index (χ3v) is 3.75. The Morgan fingerprint density at radius 2 is 1.78 bits per heavy atom. The maximum atomic E-state index is 9.54. The summed E-state index contributed by atoms with van der Waals surface area (Å²) >= 11 is 0. The summed E-state index contributed by atoms with van der Waals surface area (Å²) in [5.74, 6) is 0.578. The molecule has 1 N–H and O–H groups in total. The topological polar surface area (TPSA) is 65.4 Å². The number of hydrogen-bond donors (Lipinski definition) is 1. The summed E-state index contributed by atoms with van der Waals surface area (Å²) < 4.78 is 0. The largest absolute Gasteiger partial charge is 0.337 e. The normalized spacial score (nSPS) is 11.7. The summed E-state index contributed by atoms with van der Waals surface area (Å²) in [6.45, 7) is 0. The molecule has 4 aromatic rings. The molecule has 2 heterocycles. The van der Waals surface area contributed by atoms with Gasteiger partial charge in [0.15, 0.2) is 0 Å². The molecule has 4 nitrogen and oxygen atoms in total. The van der Waals surface area contributed by atoms with Crippen molar-refractivity contribution in [1.82, 2.24) is 15.0 Å². The fourth-order valence-corrected chi connectivity index (χ4v) is 2.63. The number of aromatic nitrogens is 3. The zero-order valence-electron chi connectivity index (χ0n) is 12.2. The Labute approximate surface area is 132 Å². The number of imidazole rings is 1. The molecule has 4 rings (SSSR count). The first-order valence-electron chi connectivity index (χ1n) is 7.26. The fourth-order valence-electron chi connectivity index (χ4n) is 2.63. The maximum absolute atomic E-state index is 9.54. The van der Waals surface area contributed by atoms with Crippen LogP contribution in [0.2, 0.25) is 0 Å². The van der Waals surface area contributed by atoms with Crippen LogP contribution < -0.4 is 0 Å². The highest BCUT2D eigenvalue weighted by atomic mass is 14.9. The Morgan fingerprint density at radius 1 is 1.00 bits per heavy atom. The van der Waals surface area contributed by atoms with Crippen LogP contribution >= 0.6 is 0 Å². The highest BCUT2D eigenvalue weighted by Gasteiger charge is 2.08. The lowest BCUT2D eigenvalue weighted by molar-refractivity contribution is 1.27. The van der Waals surface area contributed by atoms with E-state index in [1.54, 1.807) is 6.20 Å². The van der Waals surface area contributed by atoms with Gasteiger partial charge in [-0.25, -0.2) is 4.98 Å². The number of hydrogen-bond acceptors (Lipinski definition) is 3. The van der Waals surface area contributed by atoms with Gasteiger partial charge in [-0.15, -0.1) is 0 Å². The van der Waals surface area contributed by atoms with Crippen molar-refractivity contribution in [3.05, 3.63) is 72.2 Å². The molecule has 0 aliphatic heterocycles. The van der Waals surface area contributed by atoms with E-state index in [0.717, 1.165) is 27.5 Å². The lowest BCUT2D eigenvalue weighted by Crippen LogP contribution is -1.87. The third kappa shape index (κ3) is 2.34. The summed E-state index contributed by atoms with van der Waals surface area (Å²) in [6, 6.07) is 19.8. The SMILES string of the molecule is N#CC(=Cc1ccnc2ccccc12)c1nc2ccccc2[nH]1. The summed E-state index contributed by atoms with van der Waals surface area (Å²) in [6.07, 6.45) is 3.60. The molecule has 2 aromatic heterocycles. The molecule has 0 atom stereocenters. The molecule has 0 aliphatic carbocycles. The summed E-state index contributed by atoms with van der Waals surface area (Å²) in [7, 11) is 0. The van der Waals surface area contributed by atoms with Gasteiger partial charge in [-0.05, 0) is 35.9 Å². The van der Waals surface area contributed by atoms with E-state index in [1.807, 2.05) is 60.7 Å². The van der Waals surface area contributed by atoms with Crippen molar-refractivity contribution in [2.75, 3.05) is 0 Å². The smallest absolute Gasteiger partial charge is 0.149 e. The number of benzene rings is 2. The molecule has 0 bridgehead atoms. The van der Waals surface area contributed by atoms with Crippen molar-refractivity contribution in [3.63, 3.8) is 0 Å². The minimum atomic E-state index is 0.498. The molecule has 108 valence electrons. The van der Waals surface area contributed by atoms with Crippen LogP contribution in [0.4, 0.5) is 0 Å². The monoisotopic (exact) mass is 296 g/mol. The van der Waals surface area contributed by atoms with Gasteiger partial charge in [-0.1, -0.05) is 30.3 Å². The first-order chi connectivity index (χ1) is 11.3. The zero-order chi connectivity index (χ0) is 15.6. The van der Waals surface area contributed by atoms with E-state index in [2.05, 4.69) is 21.0 Å². The molecule has 0 unspecified atom stereocenters. The highest BCUT2D eigenvalue weighted by molar-refractivity contribution is 5.97. The predicted octanol–water partition coefficient (Wildman–Crippen LogP) is 4.18. The number of H-pyrrole nitrogens is 1. The highest BCUT2D eigenvalue weighted by Crippen LogP contribution is 2.23. The Balaban J connectivity index is 1.88. The van der Waals surface area contributed by atoms with Crippen molar-refractivity contribution in [3.8, 4) is 6.07 Å². The minimum Gasteiger partial charge on any atom is -0.337 e. The first kappa shape index (κ1) is 13.2. The van der Waals surface area contributed by atoms with E-state index in [1.165, 1.54) is 0 Å². The van der Waals surface area contributed by atoms with Crippen LogP contribution in [0, 0.1) is 11.3 Å². The molecule has 0 amide bonds. The van der Waals surface area contributed by atoms with Gasteiger partial charge in [-0.2, -0.15) is 5.26 Å². The van der Waals surface area contributed by atoms with Crippen molar-refractivity contribution in [1.29, 1.82) is 5.26 Å². The lowest BCUT2D eigenvalue weighted by Gasteiger charge is -2.01. The maximum Gasteiger partial charge on any atom is 0.149 e. The summed E-state index contributed by atoms with van der Waals surface area (Å²) in [4.78, 5) is 12.0. The molecule has 4 heteroatoms. The standard InChI is InChI=1S/C19H12N4/c20-12-14(19-22-17-7-3-4-8-18(17)23-19)11-13-9-10-21-16-6-2-1-5-15(13)16/h1-11H,(H,22,23). The molecule has 0 radical (unpaired) electrons. The minimum absolute atomic E-state index is 0.498. The van der Waals surface area contributed by atoms with E-state index >= 15 is 0 Å². The van der Waals surface area contributed by atoms with E-state index in [-0.39, 0.29) is 0 Å². The van der Waals surface area contributed by atoms with Gasteiger partial charge < -0.3 is 4.98 Å². The van der Waals surface area contributed by atoms with Crippen molar-refractivity contribution in [2.24, 2.45) is 0 Å². The summed E-state index contributed by atoms with van der Waals surface area (Å²) in [5.41, 5.74) is 4.12. The van der Waals surface area contributed by atoms with Gasteiger partial charge in [0.25, 0.3) is 0 Å². The van der Waals surface area contributed by atoms with Gasteiger partial charge in [-0.3, -0.25) is 4.98 Å². The quantitative estimate of drug-likeness (QED) is 0.564. The second-order valence-electron chi connectivity index (χ2n) is 5.19. The Morgan fingerprint density at radius 3 is 2.61 bits per heavy atom. The van der Waals surface area contributed by atoms with Crippen LogP contribution in [-0.2, 0) is 0 Å². The van der Waals surface area contributed by atoms with Crippen LogP contribution in [0.15, 0.2) is 60.8 Å². The Kier molecular flexibility index (Phi) is 3.10. The number of pyridine rings is 1. The van der Waals surface area contributed by atoms with Gasteiger partial charge in [0.1, 0.15) is 11.9 Å². The molecule has 0 saturated heterocycles. The van der Waals surface area contributed by atoms with Crippen molar-refractivity contribution >= 4 is 33.6 Å². The van der Waals surface area contributed by atoms with Gasteiger partial charge in [0, 0.05) is 11.6 Å². The average Bonchev–Trinajstić information content (AvgIpc) is 3.03. The second-order valence-corrected chi connectivity index (χ2v) is 5.19. The first-order valence-corrected chi connectivity index (χ1v) is 7.26. The molecule has 0 spiro atoms. The van der Waals surface area contributed by atoms with Gasteiger partial charge in [0.2, 0.25) is 0 Å². The summed E-state index contributed by atoms with van der Waals surface area (Å²) in [5, 5.41) is 10.6. The Hall–Kier alpha value is -3.45. The van der Waals surface area contributed by atoms with Crippen LogP contribution in [0.1, 0.15) is 11.4 Å². The molecular formula is C19H12N4. The van der Waals surface area contributed by atoms with Crippen LogP contribution in [-0.4, -0.2) is 15.0 Å². The van der Waals surface area contributed by atoms with Crippen LogP contribution in [0.5, 0.6) is 0 Å². The molecule has 0 fully saturated rings. The third-order valence-electron chi connectivity index (χ3n) is 3.75. The van der Waals surface area contributed by atoms with Gasteiger partial charge in [0.05, 0.1) is 22.1 Å². The van der Waals surface area contributed by atoms with E-state index in [0.29, 0.717) is 11.4 Å². The Bertz CT molecular complexity index is 1040. The van der Waals surface area contributed by atoms with E-state index in [4.69, 9.17) is 0 Å². The lowest BCUT2D eigenvalue weighted by atomic mass is 10.1. The van der Waals surface area contributed by atoms with Crippen molar-refractivity contribution < 1.29 is 0 Å². The van der Waals surface area contributed by atoms with Crippen LogP contribution in [0.25, 0.3) is 33.6 Å². The van der Waals surface area contributed by atoms with Gasteiger partial charge >= 0.3 is 0 Å². The second kappa shape index (κ2) is 5.39. The molecule has 0 saturated carbocycles. The fraction of sp³-hybridized carbons (Fsp3) is 0. The molecule has 23 heavy (non-hydrogen) atoms. The van der Waals surface area contributed by atoms with E-state index in [9.17, 15) is 5.26 Å². The van der Waals surface area contributed by atoms with E-state index < -0.39 is 0 Å². The number of nitrogens with zero attached hydrogens (tertiary/aromatic N) is 3. The molecule has 2 aromatic carbocycles. The van der Waals surface area contributed by atoms with Crippen molar-refractivity contribution in [2.45, 2.75) is 0 Å². The number of allylic oxidation sites excluding steroid dienone is 1. The molecular weight excluding hydrogens is 284 g/mol. The zero-order valence-corrected chi connectivity index (χ0v) is 12.2. The average molecular weight is 296 g/mol.